The van der Waals surface area contributed by atoms with Gasteiger partial charge in [-0.05, 0) is 85.8 Å². The lowest BCUT2D eigenvalue weighted by Gasteiger charge is -2.43. The average molecular weight is 605 g/mol. The van der Waals surface area contributed by atoms with Crippen LogP contribution in [0.1, 0.15) is 46.9 Å². The Hall–Kier alpha value is -3.30. The second-order valence-corrected chi connectivity index (χ2v) is 14.3. The van der Waals surface area contributed by atoms with E-state index in [-0.39, 0.29) is 46.7 Å². The van der Waals surface area contributed by atoms with Gasteiger partial charge in [-0.15, -0.1) is 0 Å². The van der Waals surface area contributed by atoms with E-state index in [1.807, 2.05) is 74.5 Å². The third-order valence-corrected chi connectivity index (χ3v) is 10.9. The molecule has 0 N–H and O–H groups in total. The van der Waals surface area contributed by atoms with E-state index in [1.165, 1.54) is 0 Å². The highest BCUT2D eigenvalue weighted by Gasteiger charge is 2.42. The van der Waals surface area contributed by atoms with E-state index >= 15 is 0 Å². The van der Waals surface area contributed by atoms with Crippen molar-refractivity contribution in [2.45, 2.75) is 48.3 Å². The summed E-state index contributed by atoms with van der Waals surface area (Å²) in [5.41, 5.74) is 4.03. The minimum atomic E-state index is -4.04. The summed E-state index contributed by atoms with van der Waals surface area (Å²) in [5, 5.41) is 0. The Bertz CT molecular complexity index is 1540. The van der Waals surface area contributed by atoms with E-state index in [1.54, 1.807) is 48.5 Å². The van der Waals surface area contributed by atoms with Gasteiger partial charge >= 0.3 is 0 Å². The van der Waals surface area contributed by atoms with Crippen molar-refractivity contribution >= 4 is 20.2 Å². The summed E-state index contributed by atoms with van der Waals surface area (Å²) in [4.78, 5) is 0.184. The van der Waals surface area contributed by atoms with Gasteiger partial charge < -0.3 is 0 Å². The number of hydrogen-bond acceptors (Lipinski definition) is 6. The Morgan fingerprint density at radius 1 is 0.524 bits per heavy atom. The predicted molar refractivity (Wildman–Crippen MR) is 163 cm³/mol. The molecule has 0 unspecified atom stereocenters. The second-order valence-electron chi connectivity index (χ2n) is 11.0. The molecule has 0 radical (unpaired) electrons. The Labute approximate surface area is 249 Å². The lowest BCUT2D eigenvalue weighted by molar-refractivity contribution is 0.0751. The van der Waals surface area contributed by atoms with Gasteiger partial charge in [0.1, 0.15) is 0 Å². The second kappa shape index (κ2) is 12.9. The van der Waals surface area contributed by atoms with Crippen LogP contribution in [0.15, 0.2) is 119 Å². The first kappa shape index (κ1) is 30.2. The SMILES string of the molecule is Cc1ccc(S(=O)(=O)OC[C@@H]2[C@H](COS(=O)(=O)c3ccc(C)cc3)[C@@H](c3ccccc3)CC[C@@H]2c2ccccc2)cc1. The maximum Gasteiger partial charge on any atom is 0.296 e. The van der Waals surface area contributed by atoms with Crippen molar-refractivity contribution in [3.63, 3.8) is 0 Å². The molecule has 0 aliphatic heterocycles. The Kier molecular flexibility index (Phi) is 9.28. The topological polar surface area (TPSA) is 86.7 Å². The van der Waals surface area contributed by atoms with Crippen molar-refractivity contribution in [1.82, 2.24) is 0 Å². The highest BCUT2D eigenvalue weighted by molar-refractivity contribution is 7.87. The molecule has 1 saturated carbocycles. The Morgan fingerprint density at radius 3 is 1.19 bits per heavy atom. The van der Waals surface area contributed by atoms with Gasteiger partial charge in [-0.3, -0.25) is 8.37 Å². The van der Waals surface area contributed by atoms with E-state index in [0.29, 0.717) is 0 Å². The normalized spacial score (nSPS) is 21.2. The molecule has 1 aliphatic rings. The van der Waals surface area contributed by atoms with E-state index < -0.39 is 20.2 Å². The maximum atomic E-state index is 13.3. The van der Waals surface area contributed by atoms with Crippen LogP contribution in [-0.2, 0) is 28.6 Å². The fourth-order valence-corrected chi connectivity index (χ4v) is 7.86. The Balaban J connectivity index is 1.50. The van der Waals surface area contributed by atoms with Crippen LogP contribution in [0.2, 0.25) is 0 Å². The summed E-state index contributed by atoms with van der Waals surface area (Å²) in [6.07, 6.45) is 1.59. The molecule has 1 aliphatic carbocycles. The third-order valence-electron chi connectivity index (χ3n) is 8.28. The van der Waals surface area contributed by atoms with Gasteiger partial charge in [-0.25, -0.2) is 0 Å². The molecule has 5 rings (SSSR count). The fourth-order valence-electron chi connectivity index (χ4n) is 5.97. The number of hydrogen-bond donors (Lipinski definition) is 0. The molecule has 42 heavy (non-hydrogen) atoms. The molecule has 220 valence electrons. The van der Waals surface area contributed by atoms with E-state index in [9.17, 15) is 16.8 Å². The predicted octanol–water partition coefficient (Wildman–Crippen LogP) is 7.01. The van der Waals surface area contributed by atoms with Crippen molar-refractivity contribution in [3.05, 3.63) is 131 Å². The molecule has 8 heteroatoms. The van der Waals surface area contributed by atoms with Crippen LogP contribution < -0.4 is 0 Å². The molecule has 4 aromatic carbocycles. The lowest BCUT2D eigenvalue weighted by Crippen LogP contribution is -2.39. The molecule has 0 amide bonds. The molecule has 0 heterocycles. The molecule has 6 nitrogen and oxygen atoms in total. The molecule has 0 bridgehead atoms. The van der Waals surface area contributed by atoms with Gasteiger partial charge in [0.2, 0.25) is 0 Å². The first-order valence-corrected chi connectivity index (χ1v) is 17.0. The summed E-state index contributed by atoms with van der Waals surface area (Å²) < 4.78 is 64.6. The minimum absolute atomic E-state index is 0.0462. The number of rotatable bonds is 10. The largest absolute Gasteiger partial charge is 0.296 e. The number of benzene rings is 4. The summed E-state index contributed by atoms with van der Waals surface area (Å²) in [5.74, 6) is -0.760. The monoisotopic (exact) mass is 604 g/mol. The van der Waals surface area contributed by atoms with Crippen molar-refractivity contribution in [2.24, 2.45) is 11.8 Å². The number of aryl methyl sites for hydroxylation is 2. The van der Waals surface area contributed by atoms with Gasteiger partial charge in [0.25, 0.3) is 20.2 Å². The first-order valence-electron chi connectivity index (χ1n) is 14.2. The summed E-state index contributed by atoms with van der Waals surface area (Å²) in [6, 6.07) is 33.0. The van der Waals surface area contributed by atoms with Crippen LogP contribution in [0.3, 0.4) is 0 Å². The molecule has 4 aromatic rings. The molecule has 1 fully saturated rings. The highest BCUT2D eigenvalue weighted by atomic mass is 32.2. The zero-order valence-corrected chi connectivity index (χ0v) is 25.4. The third kappa shape index (κ3) is 7.01. The van der Waals surface area contributed by atoms with E-state index in [0.717, 1.165) is 35.1 Å². The molecular formula is C34H36O6S2. The molecule has 0 spiro atoms. The minimum Gasteiger partial charge on any atom is -0.266 e. The lowest BCUT2D eigenvalue weighted by atomic mass is 9.63. The summed E-state index contributed by atoms with van der Waals surface area (Å²) in [7, 11) is -8.07. The molecule has 0 saturated heterocycles. The first-order chi connectivity index (χ1) is 20.1. The van der Waals surface area contributed by atoms with Gasteiger partial charge in [-0.2, -0.15) is 16.8 Å². The maximum absolute atomic E-state index is 13.3. The summed E-state index contributed by atoms with van der Waals surface area (Å²) >= 11 is 0. The van der Waals surface area contributed by atoms with Gasteiger partial charge in [0.05, 0.1) is 23.0 Å². The van der Waals surface area contributed by atoms with Crippen LogP contribution in [0.4, 0.5) is 0 Å². The van der Waals surface area contributed by atoms with Crippen molar-refractivity contribution < 1.29 is 25.2 Å². The quantitative estimate of drug-likeness (QED) is 0.181. The van der Waals surface area contributed by atoms with Gasteiger partial charge in [-0.1, -0.05) is 96.1 Å². The summed E-state index contributed by atoms with van der Waals surface area (Å²) in [6.45, 7) is 3.58. The van der Waals surface area contributed by atoms with Gasteiger partial charge in [0, 0.05) is 0 Å². The average Bonchev–Trinajstić information content (AvgIpc) is 3.00. The van der Waals surface area contributed by atoms with Crippen LogP contribution in [0.25, 0.3) is 0 Å². The van der Waals surface area contributed by atoms with Crippen molar-refractivity contribution in [2.75, 3.05) is 13.2 Å². The van der Waals surface area contributed by atoms with Crippen molar-refractivity contribution in [1.29, 1.82) is 0 Å². The standard InChI is InChI=1S/C34H36O6S2/c1-25-13-17-29(18-14-25)41(35,36)39-23-33-31(27-9-5-3-6-10-27)21-22-32(28-11-7-4-8-12-28)34(33)24-40-42(37,38)30-19-15-26(2)16-20-30/h3-20,31-34H,21-24H2,1-2H3/t31-,32-,33-,34+/m1/s1. The smallest absolute Gasteiger partial charge is 0.266 e. The van der Waals surface area contributed by atoms with Crippen molar-refractivity contribution in [3.8, 4) is 0 Å². The Morgan fingerprint density at radius 2 is 0.857 bits per heavy atom. The molecular weight excluding hydrogens is 569 g/mol. The molecule has 0 aromatic heterocycles. The van der Waals surface area contributed by atoms with Crippen LogP contribution >= 0.6 is 0 Å². The fraction of sp³-hybridized carbons (Fsp3) is 0.294. The van der Waals surface area contributed by atoms with Crippen LogP contribution in [-0.4, -0.2) is 30.0 Å². The van der Waals surface area contributed by atoms with Crippen LogP contribution in [0.5, 0.6) is 0 Å². The van der Waals surface area contributed by atoms with Gasteiger partial charge in [0.15, 0.2) is 0 Å². The zero-order chi connectivity index (χ0) is 29.7. The molecule has 4 atom stereocenters. The highest BCUT2D eigenvalue weighted by Crippen LogP contribution is 2.49. The van der Waals surface area contributed by atoms with Crippen LogP contribution in [0, 0.1) is 25.7 Å². The zero-order valence-electron chi connectivity index (χ0n) is 23.8. The van der Waals surface area contributed by atoms with E-state index in [4.69, 9.17) is 8.37 Å². The van der Waals surface area contributed by atoms with E-state index in [2.05, 4.69) is 0 Å².